The Morgan fingerprint density at radius 2 is 2.23 bits per heavy atom. The van der Waals surface area contributed by atoms with Crippen LogP contribution < -0.4 is 0 Å². The number of carbonyl (C=O) groups excluding carboxylic acids is 1. The van der Waals surface area contributed by atoms with Crippen molar-refractivity contribution in [3.63, 3.8) is 0 Å². The van der Waals surface area contributed by atoms with Crippen LogP contribution in [-0.2, 0) is 16.1 Å². The van der Waals surface area contributed by atoms with Crippen LogP contribution in [0.1, 0.15) is 25.5 Å². The van der Waals surface area contributed by atoms with E-state index in [1.807, 2.05) is 6.92 Å². The van der Waals surface area contributed by atoms with E-state index in [0.717, 1.165) is 43.2 Å². The highest BCUT2D eigenvalue weighted by molar-refractivity contribution is 7.20. The van der Waals surface area contributed by atoms with Crippen molar-refractivity contribution in [2.75, 3.05) is 19.7 Å². The van der Waals surface area contributed by atoms with Gasteiger partial charge in [0.25, 0.3) is 0 Å². The molecule has 22 heavy (non-hydrogen) atoms. The lowest BCUT2D eigenvalue weighted by Gasteiger charge is -2.30. The van der Waals surface area contributed by atoms with Crippen LogP contribution >= 0.6 is 22.7 Å². The number of thiazole rings is 1. The third-order valence-corrected chi connectivity index (χ3v) is 5.81. The van der Waals surface area contributed by atoms with Gasteiger partial charge < -0.3 is 4.74 Å². The van der Waals surface area contributed by atoms with E-state index < -0.39 is 0 Å². The molecule has 1 aliphatic rings. The van der Waals surface area contributed by atoms with Crippen LogP contribution in [0.15, 0.2) is 22.9 Å². The van der Waals surface area contributed by atoms with Crippen molar-refractivity contribution in [1.82, 2.24) is 9.88 Å². The average molecular weight is 336 g/mol. The van der Waals surface area contributed by atoms with Gasteiger partial charge in [-0.05, 0) is 44.3 Å². The average Bonchev–Trinajstić information content (AvgIpc) is 3.19. The van der Waals surface area contributed by atoms with Crippen molar-refractivity contribution in [3.8, 4) is 9.88 Å². The van der Waals surface area contributed by atoms with Crippen LogP contribution in [0, 0.1) is 5.92 Å². The summed E-state index contributed by atoms with van der Waals surface area (Å²) in [6, 6.07) is 4.17. The second-order valence-corrected chi connectivity index (χ2v) is 7.23. The quantitative estimate of drug-likeness (QED) is 0.782. The zero-order valence-electron chi connectivity index (χ0n) is 12.7. The zero-order chi connectivity index (χ0) is 15.4. The molecule has 1 fully saturated rings. The molecular formula is C16H20N2O2S2. The second kappa shape index (κ2) is 7.35. The van der Waals surface area contributed by atoms with E-state index in [9.17, 15) is 4.79 Å². The van der Waals surface area contributed by atoms with Crippen LogP contribution in [0.5, 0.6) is 0 Å². The zero-order valence-corrected chi connectivity index (χ0v) is 14.3. The minimum absolute atomic E-state index is 0.0317. The predicted molar refractivity (Wildman–Crippen MR) is 90.1 cm³/mol. The molecule has 118 valence electrons. The molecule has 1 aliphatic heterocycles. The first-order valence-corrected chi connectivity index (χ1v) is 9.39. The van der Waals surface area contributed by atoms with Gasteiger partial charge >= 0.3 is 5.97 Å². The number of carbonyl (C=O) groups is 1. The summed E-state index contributed by atoms with van der Waals surface area (Å²) in [6.45, 7) is 5.09. The number of hydrogen-bond donors (Lipinski definition) is 0. The molecule has 3 heterocycles. The summed E-state index contributed by atoms with van der Waals surface area (Å²) in [6.07, 6.45) is 1.78. The normalized spacial score (nSPS) is 16.8. The minimum Gasteiger partial charge on any atom is -0.466 e. The fraction of sp³-hybridized carbons (Fsp3) is 0.500. The number of hydrogen-bond acceptors (Lipinski definition) is 6. The van der Waals surface area contributed by atoms with Gasteiger partial charge in [0.2, 0.25) is 0 Å². The Hall–Kier alpha value is -1.24. The van der Waals surface area contributed by atoms with Crippen LogP contribution in [-0.4, -0.2) is 35.5 Å². The molecule has 0 radical (unpaired) electrons. The summed E-state index contributed by atoms with van der Waals surface area (Å²) in [5.41, 5.74) is 1.13. The molecule has 0 aliphatic carbocycles. The van der Waals surface area contributed by atoms with Crippen LogP contribution in [0.4, 0.5) is 0 Å². The molecule has 6 heteroatoms. The first-order valence-electron chi connectivity index (χ1n) is 7.63. The number of ether oxygens (including phenoxy) is 1. The predicted octanol–water partition coefficient (Wildman–Crippen LogP) is 3.65. The van der Waals surface area contributed by atoms with E-state index in [0.29, 0.717) is 6.61 Å². The molecule has 0 saturated carbocycles. The Morgan fingerprint density at radius 3 is 2.91 bits per heavy atom. The SMILES string of the molecule is CCOC(=O)C1CCN(Cc2csc(-c3cccs3)n2)CC1. The van der Waals surface area contributed by atoms with Gasteiger partial charge in [-0.2, -0.15) is 0 Å². The summed E-state index contributed by atoms with van der Waals surface area (Å²) in [7, 11) is 0. The number of aromatic nitrogens is 1. The minimum atomic E-state index is -0.0317. The van der Waals surface area contributed by atoms with Crippen LogP contribution in [0.25, 0.3) is 9.88 Å². The van der Waals surface area contributed by atoms with Crippen molar-refractivity contribution >= 4 is 28.6 Å². The monoisotopic (exact) mass is 336 g/mol. The number of thiophene rings is 1. The molecule has 0 amide bonds. The lowest BCUT2D eigenvalue weighted by atomic mass is 9.97. The van der Waals surface area contributed by atoms with Gasteiger partial charge in [0.15, 0.2) is 0 Å². The third kappa shape index (κ3) is 3.74. The van der Waals surface area contributed by atoms with Gasteiger partial charge in [0, 0.05) is 11.9 Å². The molecule has 3 rings (SSSR count). The highest BCUT2D eigenvalue weighted by atomic mass is 32.1. The Bertz CT molecular complexity index is 601. The Balaban J connectivity index is 1.52. The summed E-state index contributed by atoms with van der Waals surface area (Å²) >= 11 is 3.43. The number of piperidine rings is 1. The maximum atomic E-state index is 11.7. The van der Waals surface area contributed by atoms with E-state index in [-0.39, 0.29) is 11.9 Å². The third-order valence-electron chi connectivity index (χ3n) is 3.88. The van der Waals surface area contributed by atoms with Crippen LogP contribution in [0.3, 0.4) is 0 Å². The maximum absolute atomic E-state index is 11.7. The number of nitrogens with zero attached hydrogens (tertiary/aromatic N) is 2. The molecule has 0 atom stereocenters. The summed E-state index contributed by atoms with van der Waals surface area (Å²) in [5, 5.41) is 5.33. The van der Waals surface area contributed by atoms with Crippen molar-refractivity contribution < 1.29 is 9.53 Å². The van der Waals surface area contributed by atoms with E-state index in [2.05, 4.69) is 27.8 Å². The van der Waals surface area contributed by atoms with Gasteiger partial charge in [-0.3, -0.25) is 9.69 Å². The molecule has 4 nitrogen and oxygen atoms in total. The van der Waals surface area contributed by atoms with Gasteiger partial charge in [0.1, 0.15) is 5.01 Å². The Kier molecular flexibility index (Phi) is 5.23. The van der Waals surface area contributed by atoms with E-state index in [1.165, 1.54) is 4.88 Å². The van der Waals surface area contributed by atoms with Crippen LogP contribution in [0.2, 0.25) is 0 Å². The van der Waals surface area contributed by atoms with E-state index >= 15 is 0 Å². The molecule has 0 aromatic carbocycles. The van der Waals surface area contributed by atoms with Gasteiger partial charge in [-0.25, -0.2) is 4.98 Å². The van der Waals surface area contributed by atoms with Crippen molar-refractivity contribution in [2.24, 2.45) is 5.92 Å². The highest BCUT2D eigenvalue weighted by Crippen LogP contribution is 2.28. The van der Waals surface area contributed by atoms with Gasteiger partial charge in [-0.15, -0.1) is 22.7 Å². The van der Waals surface area contributed by atoms with E-state index in [4.69, 9.17) is 9.72 Å². The fourth-order valence-corrected chi connectivity index (χ4v) is 4.33. The number of esters is 1. The standard InChI is InChI=1S/C16H20N2O2S2/c1-2-20-16(19)12-5-7-18(8-6-12)10-13-11-22-15(17-13)14-4-3-9-21-14/h3-4,9,11-12H,2,5-8,10H2,1H3. The topological polar surface area (TPSA) is 42.4 Å². The maximum Gasteiger partial charge on any atom is 0.309 e. The first kappa shape index (κ1) is 15.6. The fourth-order valence-electron chi connectivity index (χ4n) is 2.71. The van der Waals surface area contributed by atoms with Gasteiger partial charge in [-0.1, -0.05) is 6.07 Å². The largest absolute Gasteiger partial charge is 0.466 e. The summed E-state index contributed by atoms with van der Waals surface area (Å²) in [5.74, 6) is 0.0455. The lowest BCUT2D eigenvalue weighted by Crippen LogP contribution is -2.36. The molecule has 2 aromatic rings. The summed E-state index contributed by atoms with van der Waals surface area (Å²) in [4.78, 5) is 20.1. The van der Waals surface area contributed by atoms with Crippen molar-refractivity contribution in [3.05, 3.63) is 28.6 Å². The smallest absolute Gasteiger partial charge is 0.309 e. The highest BCUT2D eigenvalue weighted by Gasteiger charge is 2.26. The Morgan fingerprint density at radius 1 is 1.41 bits per heavy atom. The molecule has 1 saturated heterocycles. The molecule has 0 bridgehead atoms. The van der Waals surface area contributed by atoms with E-state index in [1.54, 1.807) is 22.7 Å². The Labute approximate surface area is 138 Å². The molecule has 0 N–H and O–H groups in total. The van der Waals surface area contributed by atoms with Gasteiger partial charge in [0.05, 0.1) is 23.1 Å². The molecular weight excluding hydrogens is 316 g/mol. The van der Waals surface area contributed by atoms with Crippen molar-refractivity contribution in [2.45, 2.75) is 26.3 Å². The number of likely N-dealkylation sites (tertiary alicyclic amines) is 1. The molecule has 0 spiro atoms. The first-order chi connectivity index (χ1) is 10.8. The van der Waals surface area contributed by atoms with Crippen molar-refractivity contribution in [1.29, 1.82) is 0 Å². The summed E-state index contributed by atoms with van der Waals surface area (Å²) < 4.78 is 5.11. The molecule has 2 aromatic heterocycles. The molecule has 0 unspecified atom stereocenters. The number of rotatable bonds is 5. The lowest BCUT2D eigenvalue weighted by molar-refractivity contribution is -0.149. The second-order valence-electron chi connectivity index (χ2n) is 5.42.